The predicted octanol–water partition coefficient (Wildman–Crippen LogP) is 12.4. The van der Waals surface area contributed by atoms with Crippen molar-refractivity contribution >= 4 is 19.8 Å². The fourth-order valence-electron chi connectivity index (χ4n) is 5.79. The van der Waals surface area contributed by atoms with Crippen LogP contribution in [0.5, 0.6) is 0 Å². The summed E-state index contributed by atoms with van der Waals surface area (Å²) in [6, 6.07) is 0. The monoisotopic (exact) mass is 851 g/mol. The minimum Gasteiger partial charge on any atom is -0.462 e. The largest absolute Gasteiger partial charge is 0.472 e. The number of phosphoric acid groups is 1. The predicted molar refractivity (Wildman–Crippen MR) is 242 cm³/mol. The summed E-state index contributed by atoms with van der Waals surface area (Å²) < 4.78 is 32.7. The third-order valence-corrected chi connectivity index (χ3v) is 10.3. The summed E-state index contributed by atoms with van der Waals surface area (Å²) in [7, 11) is -4.64. The molecule has 1 unspecified atom stereocenters. The lowest BCUT2D eigenvalue weighted by Crippen LogP contribution is -2.29. The van der Waals surface area contributed by atoms with E-state index >= 15 is 0 Å². The van der Waals surface area contributed by atoms with Gasteiger partial charge < -0.3 is 24.6 Å². The topological polar surface area (TPSA) is 149 Å². The van der Waals surface area contributed by atoms with E-state index in [2.05, 4.69) is 79.1 Å². The fraction of sp³-hybridized carbons (Fsp3) is 0.708. The van der Waals surface area contributed by atoms with Crippen LogP contribution in [0.25, 0.3) is 0 Å². The first-order valence-corrected chi connectivity index (χ1v) is 24.4. The molecule has 0 saturated carbocycles. The van der Waals surface area contributed by atoms with Crippen LogP contribution in [0.4, 0.5) is 0 Å². The van der Waals surface area contributed by atoms with Gasteiger partial charge >= 0.3 is 19.8 Å². The summed E-state index contributed by atoms with van der Waals surface area (Å²) in [6.45, 7) is 2.26. The number of carbonyl (C=O) groups excluding carboxylic acids is 2. The molecule has 0 bridgehead atoms. The molecule has 3 N–H and O–H groups in total. The van der Waals surface area contributed by atoms with Gasteiger partial charge in [0.05, 0.1) is 19.8 Å². The lowest BCUT2D eigenvalue weighted by molar-refractivity contribution is -0.161. The van der Waals surface area contributed by atoms with Crippen LogP contribution < -0.4 is 0 Å². The van der Waals surface area contributed by atoms with E-state index in [0.717, 1.165) is 51.4 Å². The molecule has 0 heterocycles. The number of aliphatic hydroxyl groups excluding tert-OH is 2. The Hall–Kier alpha value is -2.59. The average molecular weight is 851 g/mol. The molecule has 0 spiro atoms. The first-order valence-electron chi connectivity index (χ1n) is 22.9. The normalized spacial score (nSPS) is 14.5. The van der Waals surface area contributed by atoms with Crippen LogP contribution >= 0.6 is 7.82 Å². The second kappa shape index (κ2) is 43.5. The molecular formula is C48H83O10P. The quantitative estimate of drug-likeness (QED) is 0.0234. The molecule has 59 heavy (non-hydrogen) atoms. The van der Waals surface area contributed by atoms with Gasteiger partial charge in [-0.3, -0.25) is 18.6 Å². The van der Waals surface area contributed by atoms with Crippen LogP contribution in [-0.4, -0.2) is 65.7 Å². The summed E-state index contributed by atoms with van der Waals surface area (Å²) in [5.41, 5.74) is 0. The zero-order valence-electron chi connectivity index (χ0n) is 36.9. The molecule has 0 radical (unpaired) electrons. The molecule has 0 aromatic rings. The summed E-state index contributed by atoms with van der Waals surface area (Å²) in [5.74, 6) is -1.03. The first kappa shape index (κ1) is 56.4. The van der Waals surface area contributed by atoms with E-state index in [1.54, 1.807) is 0 Å². The van der Waals surface area contributed by atoms with Crippen molar-refractivity contribution < 1.29 is 47.8 Å². The maximum Gasteiger partial charge on any atom is 0.472 e. The Morgan fingerprint density at radius 2 is 0.915 bits per heavy atom. The van der Waals surface area contributed by atoms with E-state index in [4.69, 9.17) is 19.1 Å². The molecular weight excluding hydrogens is 767 g/mol. The van der Waals surface area contributed by atoms with Crippen molar-refractivity contribution in [3.05, 3.63) is 72.9 Å². The van der Waals surface area contributed by atoms with E-state index in [1.165, 1.54) is 89.9 Å². The average Bonchev–Trinajstić information content (AvgIpc) is 3.22. The number of hydrogen-bond donors (Lipinski definition) is 3. The highest BCUT2D eigenvalue weighted by Crippen LogP contribution is 2.43. The van der Waals surface area contributed by atoms with Crippen molar-refractivity contribution in [2.45, 2.75) is 193 Å². The summed E-state index contributed by atoms with van der Waals surface area (Å²) >= 11 is 0. The molecule has 0 aromatic heterocycles. The van der Waals surface area contributed by atoms with Crippen LogP contribution in [0.2, 0.25) is 0 Å². The van der Waals surface area contributed by atoms with Crippen LogP contribution in [0.15, 0.2) is 72.9 Å². The number of rotatable bonds is 42. The highest BCUT2D eigenvalue weighted by molar-refractivity contribution is 7.47. The van der Waals surface area contributed by atoms with Gasteiger partial charge in [0.2, 0.25) is 0 Å². The van der Waals surface area contributed by atoms with E-state index in [9.17, 15) is 24.2 Å². The zero-order chi connectivity index (χ0) is 43.3. The van der Waals surface area contributed by atoms with Crippen molar-refractivity contribution in [3.8, 4) is 0 Å². The first-order chi connectivity index (χ1) is 28.7. The van der Waals surface area contributed by atoms with E-state index in [-0.39, 0.29) is 19.4 Å². The van der Waals surface area contributed by atoms with Crippen molar-refractivity contribution in [1.82, 2.24) is 0 Å². The Morgan fingerprint density at radius 1 is 0.508 bits per heavy atom. The van der Waals surface area contributed by atoms with Crippen LogP contribution in [0, 0.1) is 0 Å². The standard InChI is InChI=1S/C48H83O10P/c1-3-5-7-9-11-13-15-17-19-21-22-24-25-27-29-31-33-35-37-39-47(51)55-43-46(44-57-59(53,54)56-42-45(50)41-49)58-48(52)40-38-36-34-32-30-28-26-23-20-18-16-14-12-10-8-6-4-2/h11,13,17-20,22,24,27,29,33,35,45-46,49-50H,3-10,12,14-16,21,23,25-26,28,30-32,34,36-44H2,1-2H3,(H,53,54)/b13-11+,19-17+,20-18+,24-22+,29-27+,35-33+/t45-,46+/m0/s1. The molecule has 0 aliphatic carbocycles. The Labute approximate surface area is 358 Å². The van der Waals surface area contributed by atoms with Crippen LogP contribution in [0.1, 0.15) is 181 Å². The van der Waals surface area contributed by atoms with Gasteiger partial charge in [0.25, 0.3) is 0 Å². The van der Waals surface area contributed by atoms with Gasteiger partial charge in [-0.15, -0.1) is 0 Å². The number of ether oxygens (including phenoxy) is 2. The molecule has 340 valence electrons. The van der Waals surface area contributed by atoms with Crippen molar-refractivity contribution in [3.63, 3.8) is 0 Å². The van der Waals surface area contributed by atoms with Crippen molar-refractivity contribution in [1.29, 1.82) is 0 Å². The highest BCUT2D eigenvalue weighted by atomic mass is 31.2. The van der Waals surface area contributed by atoms with Gasteiger partial charge in [-0.2, -0.15) is 0 Å². The zero-order valence-corrected chi connectivity index (χ0v) is 37.8. The maximum atomic E-state index is 12.6. The summed E-state index contributed by atoms with van der Waals surface area (Å²) in [5, 5.41) is 18.3. The number of allylic oxidation sites excluding steroid dienone is 12. The van der Waals surface area contributed by atoms with Gasteiger partial charge in [-0.1, -0.05) is 164 Å². The van der Waals surface area contributed by atoms with Gasteiger partial charge in [0.15, 0.2) is 6.10 Å². The smallest absolute Gasteiger partial charge is 0.462 e. The molecule has 0 fully saturated rings. The second-order valence-electron chi connectivity index (χ2n) is 15.1. The van der Waals surface area contributed by atoms with Gasteiger partial charge in [-0.05, 0) is 77.0 Å². The molecule has 0 amide bonds. The molecule has 0 aliphatic rings. The third kappa shape index (κ3) is 43.3. The molecule has 0 aromatic carbocycles. The Morgan fingerprint density at radius 3 is 1.44 bits per heavy atom. The third-order valence-electron chi connectivity index (χ3n) is 9.35. The summed E-state index contributed by atoms with van der Waals surface area (Å²) in [4.78, 5) is 35.0. The highest BCUT2D eigenvalue weighted by Gasteiger charge is 2.27. The fourth-order valence-corrected chi connectivity index (χ4v) is 6.58. The molecule has 0 saturated heterocycles. The number of unbranched alkanes of at least 4 members (excludes halogenated alkanes) is 16. The number of esters is 2. The number of hydrogen-bond acceptors (Lipinski definition) is 9. The molecule has 0 aliphatic heterocycles. The van der Waals surface area contributed by atoms with E-state index in [1.807, 2.05) is 12.2 Å². The number of carbonyl (C=O) groups is 2. The van der Waals surface area contributed by atoms with Gasteiger partial charge in [0, 0.05) is 12.8 Å². The van der Waals surface area contributed by atoms with Gasteiger partial charge in [0.1, 0.15) is 12.7 Å². The Kier molecular flexibility index (Phi) is 41.6. The second-order valence-corrected chi connectivity index (χ2v) is 16.5. The van der Waals surface area contributed by atoms with E-state index < -0.39 is 51.8 Å². The SMILES string of the molecule is CCCCC/C=C/C/C=C/C/C=C/C/C=C/C/C=C/CCC(=O)OC[C@H](COP(=O)(O)OC[C@@H](O)CO)OC(=O)CCCCCCCCC/C=C/CCCCCCCC. The molecule has 11 heteroatoms. The van der Waals surface area contributed by atoms with Crippen molar-refractivity contribution in [2.24, 2.45) is 0 Å². The van der Waals surface area contributed by atoms with E-state index in [0.29, 0.717) is 12.8 Å². The van der Waals surface area contributed by atoms with Crippen LogP contribution in [-0.2, 0) is 32.7 Å². The number of aliphatic hydroxyl groups is 2. The van der Waals surface area contributed by atoms with Crippen LogP contribution in [0.3, 0.4) is 0 Å². The molecule has 0 rings (SSSR count). The lowest BCUT2D eigenvalue weighted by atomic mass is 10.1. The minimum atomic E-state index is -4.64. The maximum absolute atomic E-state index is 12.6. The molecule has 10 nitrogen and oxygen atoms in total. The lowest BCUT2D eigenvalue weighted by Gasteiger charge is -2.20. The van der Waals surface area contributed by atoms with Crippen molar-refractivity contribution in [2.75, 3.05) is 26.4 Å². The minimum absolute atomic E-state index is 0.114. The summed E-state index contributed by atoms with van der Waals surface area (Å²) in [6.07, 6.45) is 50.2. The molecule has 3 atom stereocenters. The number of phosphoric ester groups is 1. The Balaban J connectivity index is 4.40. The van der Waals surface area contributed by atoms with Gasteiger partial charge in [-0.25, -0.2) is 4.57 Å². The Bertz CT molecular complexity index is 1210.